The number of aliphatic hydroxyl groups excluding tert-OH is 1. The molecular formula is C15H15F3N2O2. The molecule has 1 aromatic carbocycles. The molecule has 22 heavy (non-hydrogen) atoms. The van der Waals surface area contributed by atoms with Gasteiger partial charge in [0.15, 0.2) is 0 Å². The van der Waals surface area contributed by atoms with Gasteiger partial charge in [-0.05, 0) is 30.3 Å². The van der Waals surface area contributed by atoms with Gasteiger partial charge in [0.25, 0.3) is 0 Å². The first-order valence-electron chi connectivity index (χ1n) is 6.58. The van der Waals surface area contributed by atoms with E-state index in [4.69, 9.17) is 4.74 Å². The van der Waals surface area contributed by atoms with Crippen LogP contribution in [0.5, 0.6) is 5.75 Å². The molecular weight excluding hydrogens is 297 g/mol. The highest BCUT2D eigenvalue weighted by Gasteiger charge is 2.30. The van der Waals surface area contributed by atoms with E-state index >= 15 is 0 Å². The van der Waals surface area contributed by atoms with Crippen LogP contribution in [0.15, 0.2) is 48.7 Å². The average molecular weight is 312 g/mol. The molecule has 0 saturated heterocycles. The molecule has 2 rings (SSSR count). The summed E-state index contributed by atoms with van der Waals surface area (Å²) in [5.74, 6) is 0.660. The summed E-state index contributed by atoms with van der Waals surface area (Å²) in [7, 11) is 0. The largest absolute Gasteiger partial charge is 0.491 e. The first-order valence-corrected chi connectivity index (χ1v) is 6.58. The molecule has 0 bridgehead atoms. The highest BCUT2D eigenvalue weighted by Crippen LogP contribution is 2.31. The first kappa shape index (κ1) is 16.1. The van der Waals surface area contributed by atoms with E-state index in [9.17, 15) is 18.3 Å². The molecule has 2 aromatic rings. The monoisotopic (exact) mass is 312 g/mol. The van der Waals surface area contributed by atoms with Gasteiger partial charge in [0.1, 0.15) is 24.3 Å². The predicted molar refractivity (Wildman–Crippen MR) is 75.7 cm³/mol. The molecule has 1 heterocycles. The van der Waals surface area contributed by atoms with Gasteiger partial charge in [0.2, 0.25) is 0 Å². The number of nitrogens with one attached hydrogen (secondary N) is 1. The first-order chi connectivity index (χ1) is 10.4. The molecule has 1 atom stereocenters. The number of aromatic nitrogens is 1. The number of aliphatic hydroxyl groups is 1. The lowest BCUT2D eigenvalue weighted by Gasteiger charge is -2.14. The van der Waals surface area contributed by atoms with E-state index in [0.717, 1.165) is 12.1 Å². The number of halogens is 3. The molecule has 0 aliphatic heterocycles. The summed E-state index contributed by atoms with van der Waals surface area (Å²) in [6.45, 7) is 0.0527. The van der Waals surface area contributed by atoms with E-state index in [1.807, 2.05) is 0 Å². The lowest BCUT2D eigenvalue weighted by molar-refractivity contribution is -0.137. The SMILES string of the molecule is OC(CNc1ccccn1)COc1cccc(C(F)(F)F)c1. The minimum Gasteiger partial charge on any atom is -0.491 e. The Morgan fingerprint density at radius 1 is 1.18 bits per heavy atom. The molecule has 0 amide bonds. The Balaban J connectivity index is 1.82. The van der Waals surface area contributed by atoms with Gasteiger partial charge in [-0.25, -0.2) is 4.98 Å². The minimum absolute atomic E-state index is 0.0618. The minimum atomic E-state index is -4.42. The number of alkyl halides is 3. The lowest BCUT2D eigenvalue weighted by atomic mass is 10.2. The normalized spacial score (nSPS) is 12.7. The zero-order valence-electron chi connectivity index (χ0n) is 11.5. The fourth-order valence-corrected chi connectivity index (χ4v) is 1.70. The highest BCUT2D eigenvalue weighted by molar-refractivity contribution is 5.33. The van der Waals surface area contributed by atoms with Crippen LogP contribution in [-0.4, -0.2) is 29.3 Å². The van der Waals surface area contributed by atoms with Crippen LogP contribution in [0.4, 0.5) is 19.0 Å². The van der Waals surface area contributed by atoms with Crippen molar-refractivity contribution in [3.8, 4) is 5.75 Å². The van der Waals surface area contributed by atoms with Crippen LogP contribution in [0.1, 0.15) is 5.56 Å². The van der Waals surface area contributed by atoms with Crippen molar-refractivity contribution in [2.45, 2.75) is 12.3 Å². The van der Waals surface area contributed by atoms with Gasteiger partial charge in [0, 0.05) is 12.7 Å². The van der Waals surface area contributed by atoms with Crippen LogP contribution >= 0.6 is 0 Å². The standard InChI is InChI=1S/C15H15F3N2O2/c16-15(17,18)11-4-3-5-13(8-11)22-10-12(21)9-20-14-6-1-2-7-19-14/h1-8,12,21H,9-10H2,(H,19,20). The third-order valence-corrected chi connectivity index (χ3v) is 2.79. The average Bonchev–Trinajstić information content (AvgIpc) is 2.51. The van der Waals surface area contributed by atoms with Crippen molar-refractivity contribution >= 4 is 5.82 Å². The number of ether oxygens (including phenoxy) is 1. The third kappa shape index (κ3) is 4.92. The fourth-order valence-electron chi connectivity index (χ4n) is 1.70. The number of benzene rings is 1. The number of pyridine rings is 1. The van der Waals surface area contributed by atoms with Gasteiger partial charge in [-0.3, -0.25) is 0 Å². The zero-order chi connectivity index (χ0) is 16.0. The molecule has 0 radical (unpaired) electrons. The maximum atomic E-state index is 12.6. The molecule has 0 aliphatic carbocycles. The molecule has 4 nitrogen and oxygen atoms in total. The molecule has 1 aromatic heterocycles. The van der Waals surface area contributed by atoms with Crippen LogP contribution < -0.4 is 10.1 Å². The number of nitrogens with zero attached hydrogens (tertiary/aromatic N) is 1. The zero-order valence-corrected chi connectivity index (χ0v) is 11.5. The lowest BCUT2D eigenvalue weighted by Crippen LogP contribution is -2.26. The van der Waals surface area contributed by atoms with Crippen LogP contribution in [-0.2, 0) is 6.18 Å². The quantitative estimate of drug-likeness (QED) is 0.861. The van der Waals surface area contributed by atoms with E-state index in [1.54, 1.807) is 24.4 Å². The Labute approximate surface area is 125 Å². The number of hydrogen-bond donors (Lipinski definition) is 2. The summed E-state index contributed by atoms with van der Waals surface area (Å²) in [5.41, 5.74) is -0.786. The molecule has 0 spiro atoms. The van der Waals surface area contributed by atoms with Crippen molar-refractivity contribution in [2.24, 2.45) is 0 Å². The molecule has 1 unspecified atom stereocenters. The van der Waals surface area contributed by atoms with Gasteiger partial charge < -0.3 is 15.2 Å². The van der Waals surface area contributed by atoms with E-state index in [1.165, 1.54) is 12.1 Å². The fraction of sp³-hybridized carbons (Fsp3) is 0.267. The van der Waals surface area contributed by atoms with Crippen molar-refractivity contribution in [3.05, 3.63) is 54.2 Å². The summed E-state index contributed by atoms with van der Waals surface area (Å²) in [5, 5.41) is 12.7. The Bertz CT molecular complexity index is 591. The smallest absolute Gasteiger partial charge is 0.416 e. The second-order valence-electron chi connectivity index (χ2n) is 4.59. The highest BCUT2D eigenvalue weighted by atomic mass is 19.4. The number of anilines is 1. The van der Waals surface area contributed by atoms with Crippen molar-refractivity contribution in [1.29, 1.82) is 0 Å². The van der Waals surface area contributed by atoms with Gasteiger partial charge in [-0.15, -0.1) is 0 Å². The van der Waals surface area contributed by atoms with Crippen molar-refractivity contribution in [1.82, 2.24) is 4.98 Å². The van der Waals surface area contributed by atoms with Gasteiger partial charge in [0.05, 0.1) is 5.56 Å². The van der Waals surface area contributed by atoms with E-state index < -0.39 is 17.8 Å². The van der Waals surface area contributed by atoms with Crippen LogP contribution in [0.25, 0.3) is 0 Å². The predicted octanol–water partition coefficient (Wildman–Crippen LogP) is 2.95. The Kier molecular flexibility index (Phi) is 5.21. The Hall–Kier alpha value is -2.28. The molecule has 0 fully saturated rings. The van der Waals surface area contributed by atoms with Crippen LogP contribution in [0, 0.1) is 0 Å². The Morgan fingerprint density at radius 2 is 2.00 bits per heavy atom. The van der Waals surface area contributed by atoms with Crippen molar-refractivity contribution in [3.63, 3.8) is 0 Å². The summed E-state index contributed by atoms with van der Waals surface area (Å²) in [6.07, 6.45) is -3.69. The maximum Gasteiger partial charge on any atom is 0.416 e. The number of rotatable bonds is 6. The second kappa shape index (κ2) is 7.13. The molecule has 7 heteroatoms. The second-order valence-corrected chi connectivity index (χ2v) is 4.59. The topological polar surface area (TPSA) is 54.4 Å². The maximum absolute atomic E-state index is 12.6. The molecule has 118 valence electrons. The summed E-state index contributed by atoms with van der Waals surface area (Å²) >= 11 is 0. The summed E-state index contributed by atoms with van der Waals surface area (Å²) in [6, 6.07) is 9.83. The molecule has 0 saturated carbocycles. The Morgan fingerprint density at radius 3 is 2.68 bits per heavy atom. The molecule has 0 aliphatic rings. The van der Waals surface area contributed by atoms with E-state index in [-0.39, 0.29) is 18.9 Å². The van der Waals surface area contributed by atoms with E-state index in [0.29, 0.717) is 5.82 Å². The number of hydrogen-bond acceptors (Lipinski definition) is 4. The summed E-state index contributed by atoms with van der Waals surface area (Å²) in [4.78, 5) is 4.02. The third-order valence-electron chi connectivity index (χ3n) is 2.79. The van der Waals surface area contributed by atoms with Crippen LogP contribution in [0.2, 0.25) is 0 Å². The van der Waals surface area contributed by atoms with Crippen molar-refractivity contribution < 1.29 is 23.0 Å². The van der Waals surface area contributed by atoms with Gasteiger partial charge in [-0.2, -0.15) is 13.2 Å². The van der Waals surface area contributed by atoms with Gasteiger partial charge in [-0.1, -0.05) is 12.1 Å². The van der Waals surface area contributed by atoms with Gasteiger partial charge >= 0.3 is 6.18 Å². The van der Waals surface area contributed by atoms with E-state index in [2.05, 4.69) is 10.3 Å². The summed E-state index contributed by atoms with van der Waals surface area (Å²) < 4.78 is 42.8. The van der Waals surface area contributed by atoms with Crippen molar-refractivity contribution in [2.75, 3.05) is 18.5 Å². The molecule has 2 N–H and O–H groups in total. The van der Waals surface area contributed by atoms with Crippen LogP contribution in [0.3, 0.4) is 0 Å².